The zero-order chi connectivity index (χ0) is 19.6. The predicted molar refractivity (Wildman–Crippen MR) is 97.1 cm³/mol. The standard InChI is InChI=1S/C18H22N4O5/c1-12-5-6-13(11-14(12)22(26)27)19-15(23)7-10-21-16(24)18(20-17(21)25)8-3-2-4-9-18/h5-6,11H,2-4,7-10H2,1H3,(H,19,23)(H,20,25). The normalized spacial score (nSPS) is 18.5. The van der Waals surface area contributed by atoms with Crippen molar-refractivity contribution in [3.05, 3.63) is 33.9 Å². The fraction of sp³-hybridized carbons (Fsp3) is 0.500. The van der Waals surface area contributed by atoms with Crippen LogP contribution in [-0.4, -0.2) is 39.8 Å². The Balaban J connectivity index is 1.59. The lowest BCUT2D eigenvalue weighted by Crippen LogP contribution is -2.48. The van der Waals surface area contributed by atoms with Gasteiger partial charge in [-0.1, -0.05) is 25.3 Å². The highest BCUT2D eigenvalue weighted by Crippen LogP contribution is 2.33. The van der Waals surface area contributed by atoms with Crippen LogP contribution in [0, 0.1) is 17.0 Å². The molecule has 0 aromatic heterocycles. The van der Waals surface area contributed by atoms with Gasteiger partial charge in [-0.3, -0.25) is 24.6 Å². The molecule has 1 aliphatic heterocycles. The highest BCUT2D eigenvalue weighted by molar-refractivity contribution is 6.07. The quantitative estimate of drug-likeness (QED) is 0.466. The monoisotopic (exact) mass is 374 g/mol. The van der Waals surface area contributed by atoms with Crippen molar-refractivity contribution >= 4 is 29.2 Å². The maximum atomic E-state index is 12.7. The first-order valence-corrected chi connectivity index (χ1v) is 9.01. The van der Waals surface area contributed by atoms with Gasteiger partial charge in [0.25, 0.3) is 11.6 Å². The highest BCUT2D eigenvalue weighted by atomic mass is 16.6. The molecular formula is C18H22N4O5. The van der Waals surface area contributed by atoms with Crippen LogP contribution in [0.5, 0.6) is 0 Å². The lowest BCUT2D eigenvalue weighted by atomic mass is 9.82. The van der Waals surface area contributed by atoms with Crippen molar-refractivity contribution in [1.82, 2.24) is 10.2 Å². The van der Waals surface area contributed by atoms with Gasteiger partial charge in [0, 0.05) is 30.3 Å². The number of aryl methyl sites for hydroxylation is 1. The number of nitrogens with zero attached hydrogens (tertiary/aromatic N) is 2. The summed E-state index contributed by atoms with van der Waals surface area (Å²) in [5.74, 6) is -0.677. The Morgan fingerprint density at radius 2 is 2.00 bits per heavy atom. The number of nitro groups is 1. The Labute approximate surface area is 156 Å². The topological polar surface area (TPSA) is 122 Å². The van der Waals surface area contributed by atoms with Crippen molar-refractivity contribution in [2.75, 3.05) is 11.9 Å². The summed E-state index contributed by atoms with van der Waals surface area (Å²) in [6.45, 7) is 1.59. The molecule has 4 amide bonds. The summed E-state index contributed by atoms with van der Waals surface area (Å²) in [7, 11) is 0. The minimum absolute atomic E-state index is 0.0216. The Bertz CT molecular complexity index is 801. The fourth-order valence-electron chi connectivity index (χ4n) is 3.69. The Kier molecular flexibility index (Phi) is 5.11. The lowest BCUT2D eigenvalue weighted by Gasteiger charge is -2.30. The number of rotatable bonds is 5. The Morgan fingerprint density at radius 3 is 2.67 bits per heavy atom. The average molecular weight is 374 g/mol. The fourth-order valence-corrected chi connectivity index (χ4v) is 3.69. The number of amides is 4. The zero-order valence-corrected chi connectivity index (χ0v) is 15.1. The van der Waals surface area contributed by atoms with Gasteiger partial charge in [0.05, 0.1) is 4.92 Å². The average Bonchev–Trinajstić information content (AvgIpc) is 2.85. The van der Waals surface area contributed by atoms with Crippen molar-refractivity contribution in [3.63, 3.8) is 0 Å². The second-order valence-electron chi connectivity index (χ2n) is 7.09. The molecule has 1 spiro atoms. The van der Waals surface area contributed by atoms with E-state index >= 15 is 0 Å². The molecule has 1 aliphatic carbocycles. The third-order valence-electron chi connectivity index (χ3n) is 5.21. The summed E-state index contributed by atoms with van der Waals surface area (Å²) < 4.78 is 0. The SMILES string of the molecule is Cc1ccc(NC(=O)CCN2C(=O)NC3(CCCCC3)C2=O)cc1[N+](=O)[O-]. The molecule has 0 bridgehead atoms. The van der Waals surface area contributed by atoms with Gasteiger partial charge in [0.15, 0.2) is 0 Å². The van der Waals surface area contributed by atoms with Crippen LogP contribution < -0.4 is 10.6 Å². The molecule has 144 valence electrons. The van der Waals surface area contributed by atoms with Crippen LogP contribution in [0.1, 0.15) is 44.1 Å². The van der Waals surface area contributed by atoms with E-state index in [1.165, 1.54) is 6.07 Å². The Morgan fingerprint density at radius 1 is 1.30 bits per heavy atom. The van der Waals surface area contributed by atoms with Crippen LogP contribution in [0.2, 0.25) is 0 Å². The van der Waals surface area contributed by atoms with E-state index in [0.717, 1.165) is 24.2 Å². The highest BCUT2D eigenvalue weighted by Gasteiger charge is 2.51. The molecule has 2 fully saturated rings. The van der Waals surface area contributed by atoms with Crippen molar-refractivity contribution in [2.24, 2.45) is 0 Å². The first kappa shape index (κ1) is 18.8. The predicted octanol–water partition coefficient (Wildman–Crippen LogP) is 2.49. The van der Waals surface area contributed by atoms with E-state index in [-0.39, 0.29) is 24.6 Å². The Hall–Kier alpha value is -2.97. The van der Waals surface area contributed by atoms with E-state index in [4.69, 9.17) is 0 Å². The van der Waals surface area contributed by atoms with Crippen LogP contribution in [0.15, 0.2) is 18.2 Å². The summed E-state index contributed by atoms with van der Waals surface area (Å²) in [4.78, 5) is 48.6. The van der Waals surface area contributed by atoms with Gasteiger partial charge in [-0.05, 0) is 25.8 Å². The van der Waals surface area contributed by atoms with E-state index in [1.54, 1.807) is 19.1 Å². The van der Waals surface area contributed by atoms with Gasteiger partial charge < -0.3 is 10.6 Å². The zero-order valence-electron chi connectivity index (χ0n) is 15.1. The maximum absolute atomic E-state index is 12.7. The number of hydrogen-bond acceptors (Lipinski definition) is 5. The van der Waals surface area contributed by atoms with Gasteiger partial charge in [-0.15, -0.1) is 0 Å². The van der Waals surface area contributed by atoms with E-state index in [9.17, 15) is 24.5 Å². The van der Waals surface area contributed by atoms with E-state index < -0.39 is 22.4 Å². The van der Waals surface area contributed by atoms with Gasteiger partial charge in [-0.2, -0.15) is 0 Å². The molecule has 0 unspecified atom stereocenters. The van der Waals surface area contributed by atoms with Crippen LogP contribution in [0.4, 0.5) is 16.2 Å². The number of carbonyl (C=O) groups is 3. The molecule has 9 heteroatoms. The molecule has 2 aliphatic rings. The van der Waals surface area contributed by atoms with Gasteiger partial charge in [0.2, 0.25) is 5.91 Å². The van der Waals surface area contributed by atoms with Crippen molar-refractivity contribution in [3.8, 4) is 0 Å². The minimum atomic E-state index is -0.802. The van der Waals surface area contributed by atoms with Gasteiger partial charge in [0.1, 0.15) is 5.54 Å². The second-order valence-corrected chi connectivity index (χ2v) is 7.09. The van der Waals surface area contributed by atoms with E-state index in [1.807, 2.05) is 0 Å². The molecule has 1 saturated heterocycles. The molecule has 0 radical (unpaired) electrons. The maximum Gasteiger partial charge on any atom is 0.325 e. The van der Waals surface area contributed by atoms with Crippen LogP contribution in [-0.2, 0) is 9.59 Å². The van der Waals surface area contributed by atoms with Crippen molar-refractivity contribution < 1.29 is 19.3 Å². The third kappa shape index (κ3) is 3.76. The van der Waals surface area contributed by atoms with E-state index in [2.05, 4.69) is 10.6 Å². The third-order valence-corrected chi connectivity index (χ3v) is 5.21. The number of nitro benzene ring substituents is 1. The summed E-state index contributed by atoms with van der Waals surface area (Å²) in [6.07, 6.45) is 4.03. The molecule has 1 saturated carbocycles. The largest absolute Gasteiger partial charge is 0.326 e. The van der Waals surface area contributed by atoms with E-state index in [0.29, 0.717) is 24.1 Å². The summed E-state index contributed by atoms with van der Waals surface area (Å²) in [6, 6.07) is 3.96. The number of imide groups is 1. The van der Waals surface area contributed by atoms with Crippen molar-refractivity contribution in [2.45, 2.75) is 51.0 Å². The smallest absolute Gasteiger partial charge is 0.325 e. The van der Waals surface area contributed by atoms with Crippen LogP contribution >= 0.6 is 0 Å². The molecule has 0 atom stereocenters. The molecule has 1 aromatic carbocycles. The lowest BCUT2D eigenvalue weighted by molar-refractivity contribution is -0.385. The minimum Gasteiger partial charge on any atom is -0.326 e. The first-order valence-electron chi connectivity index (χ1n) is 9.01. The molecule has 1 heterocycles. The number of anilines is 1. The van der Waals surface area contributed by atoms with Crippen molar-refractivity contribution in [1.29, 1.82) is 0 Å². The molecule has 1 aromatic rings. The number of carbonyl (C=O) groups excluding carboxylic acids is 3. The van der Waals surface area contributed by atoms with Gasteiger partial charge >= 0.3 is 6.03 Å². The number of nitrogens with one attached hydrogen (secondary N) is 2. The second kappa shape index (κ2) is 7.34. The summed E-state index contributed by atoms with van der Waals surface area (Å²) >= 11 is 0. The van der Waals surface area contributed by atoms with Gasteiger partial charge in [-0.25, -0.2) is 4.79 Å². The molecule has 2 N–H and O–H groups in total. The number of benzene rings is 1. The number of hydrogen-bond donors (Lipinski definition) is 2. The van der Waals surface area contributed by atoms with Crippen LogP contribution in [0.3, 0.4) is 0 Å². The van der Waals surface area contributed by atoms with Crippen LogP contribution in [0.25, 0.3) is 0 Å². The molecule has 3 rings (SSSR count). The first-order chi connectivity index (χ1) is 12.8. The number of urea groups is 1. The molecule has 9 nitrogen and oxygen atoms in total. The summed E-state index contributed by atoms with van der Waals surface area (Å²) in [5, 5.41) is 16.4. The molecule has 27 heavy (non-hydrogen) atoms. The summed E-state index contributed by atoms with van der Waals surface area (Å²) in [5.41, 5.74) is -0.0851. The molecular weight excluding hydrogens is 352 g/mol.